The van der Waals surface area contributed by atoms with Gasteiger partial charge in [-0.15, -0.1) is 0 Å². The molecular weight excluding hydrogens is 296 g/mol. The van der Waals surface area contributed by atoms with Crippen LogP contribution in [0.4, 0.5) is 0 Å². The molecule has 2 rings (SSSR count). The van der Waals surface area contributed by atoms with E-state index in [4.69, 9.17) is 9.47 Å². The highest BCUT2D eigenvalue weighted by Crippen LogP contribution is 2.22. The molecule has 1 heterocycles. The molecule has 7 nitrogen and oxygen atoms in total. The van der Waals surface area contributed by atoms with Gasteiger partial charge in [-0.3, -0.25) is 9.89 Å². The molecule has 0 bridgehead atoms. The van der Waals surface area contributed by atoms with Crippen molar-refractivity contribution in [2.75, 3.05) is 14.2 Å². The average molecular weight is 316 g/mol. The minimum atomic E-state index is -0.383. The van der Waals surface area contributed by atoms with E-state index >= 15 is 0 Å². The molecule has 0 aliphatic rings. The van der Waals surface area contributed by atoms with Crippen LogP contribution in [0, 0.1) is 0 Å². The van der Waals surface area contributed by atoms with Crippen LogP contribution in [0.3, 0.4) is 0 Å². The zero-order valence-electron chi connectivity index (χ0n) is 13.6. The monoisotopic (exact) mass is 316 g/mol. The van der Waals surface area contributed by atoms with Gasteiger partial charge >= 0.3 is 0 Å². The van der Waals surface area contributed by atoms with E-state index < -0.39 is 0 Å². The fourth-order valence-electron chi connectivity index (χ4n) is 1.91. The second kappa shape index (κ2) is 7.44. The summed E-state index contributed by atoms with van der Waals surface area (Å²) in [5.41, 5.74) is 4.32. The summed E-state index contributed by atoms with van der Waals surface area (Å²) in [6, 6.07) is 7.03. The van der Waals surface area contributed by atoms with E-state index in [0.29, 0.717) is 22.8 Å². The summed E-state index contributed by atoms with van der Waals surface area (Å²) in [4.78, 5) is 12.0. The summed E-state index contributed by atoms with van der Waals surface area (Å²) in [5, 5.41) is 10.7. The highest BCUT2D eigenvalue weighted by Gasteiger charge is 2.11. The van der Waals surface area contributed by atoms with E-state index in [1.807, 2.05) is 13.8 Å². The van der Waals surface area contributed by atoms with Crippen molar-refractivity contribution in [1.82, 2.24) is 15.6 Å². The molecule has 1 amide bonds. The lowest BCUT2D eigenvalue weighted by Gasteiger charge is -2.06. The van der Waals surface area contributed by atoms with Crippen LogP contribution in [-0.2, 0) is 0 Å². The number of hydrogen-bond donors (Lipinski definition) is 2. The molecule has 1 aromatic heterocycles. The molecule has 0 fully saturated rings. The third-order valence-electron chi connectivity index (χ3n) is 3.26. The number of nitrogens with one attached hydrogen (secondary N) is 2. The van der Waals surface area contributed by atoms with Gasteiger partial charge in [-0.25, -0.2) is 5.43 Å². The summed E-state index contributed by atoms with van der Waals surface area (Å²) in [7, 11) is 3.14. The topological polar surface area (TPSA) is 88.6 Å². The Morgan fingerprint density at radius 1 is 1.30 bits per heavy atom. The van der Waals surface area contributed by atoms with Crippen LogP contribution < -0.4 is 14.9 Å². The largest absolute Gasteiger partial charge is 0.497 e. The van der Waals surface area contributed by atoms with Crippen molar-refractivity contribution in [3.05, 3.63) is 41.2 Å². The number of carbonyl (C=O) groups is 1. The van der Waals surface area contributed by atoms with Crippen LogP contribution in [0.1, 0.15) is 41.5 Å². The number of rotatable bonds is 6. The predicted octanol–water partition coefficient (Wildman–Crippen LogP) is 2.31. The van der Waals surface area contributed by atoms with Crippen molar-refractivity contribution in [2.45, 2.75) is 19.8 Å². The van der Waals surface area contributed by atoms with Gasteiger partial charge in [-0.05, 0) is 30.2 Å². The van der Waals surface area contributed by atoms with E-state index in [-0.39, 0.29) is 11.8 Å². The van der Waals surface area contributed by atoms with Gasteiger partial charge in [0.2, 0.25) is 0 Å². The first-order chi connectivity index (χ1) is 11.0. The highest BCUT2D eigenvalue weighted by molar-refractivity contribution is 5.93. The normalized spacial score (nSPS) is 11.0. The molecule has 0 aliphatic carbocycles. The number of benzene rings is 1. The van der Waals surface area contributed by atoms with Crippen molar-refractivity contribution in [3.63, 3.8) is 0 Å². The molecule has 2 N–H and O–H groups in total. The summed E-state index contributed by atoms with van der Waals surface area (Å²) >= 11 is 0. The number of H-pyrrole nitrogens is 1. The molecule has 122 valence electrons. The molecule has 0 radical (unpaired) electrons. The Balaban J connectivity index is 2.07. The van der Waals surface area contributed by atoms with E-state index in [1.165, 1.54) is 6.21 Å². The molecule has 0 saturated heterocycles. The number of nitrogens with zero attached hydrogens (tertiary/aromatic N) is 2. The maximum Gasteiger partial charge on any atom is 0.291 e. The lowest BCUT2D eigenvalue weighted by atomic mass is 10.1. The number of carbonyl (C=O) groups excluding carboxylic acids is 1. The molecule has 0 spiro atoms. The van der Waals surface area contributed by atoms with Crippen molar-refractivity contribution in [1.29, 1.82) is 0 Å². The Morgan fingerprint density at radius 2 is 2.09 bits per heavy atom. The van der Waals surface area contributed by atoms with Gasteiger partial charge < -0.3 is 9.47 Å². The second-order valence-corrected chi connectivity index (χ2v) is 5.17. The first-order valence-corrected chi connectivity index (χ1v) is 7.16. The Bertz CT molecular complexity index is 707. The van der Waals surface area contributed by atoms with Gasteiger partial charge in [0.25, 0.3) is 5.91 Å². The minimum absolute atomic E-state index is 0.272. The standard InChI is InChI=1S/C16H20N4O3/c1-10(2)13-8-14(19-18-13)16(21)20-17-9-11-7-12(22-3)5-6-15(11)23-4/h5-10H,1-4H3,(H,18,19)(H,20,21)/b17-9-. The fraction of sp³-hybridized carbons (Fsp3) is 0.312. The maximum atomic E-state index is 12.0. The number of amides is 1. The molecular formula is C16H20N4O3. The van der Waals surface area contributed by atoms with E-state index in [0.717, 1.165) is 5.69 Å². The quantitative estimate of drug-likeness (QED) is 0.632. The van der Waals surface area contributed by atoms with Crippen molar-refractivity contribution in [2.24, 2.45) is 5.10 Å². The first-order valence-electron chi connectivity index (χ1n) is 7.16. The molecule has 7 heteroatoms. The third kappa shape index (κ3) is 4.09. The van der Waals surface area contributed by atoms with Gasteiger partial charge in [0.05, 0.1) is 20.4 Å². The Hall–Kier alpha value is -2.83. The Labute approximate surface area is 134 Å². The average Bonchev–Trinajstić information content (AvgIpc) is 3.05. The van der Waals surface area contributed by atoms with Gasteiger partial charge in [0.15, 0.2) is 5.69 Å². The number of hydrazone groups is 1. The second-order valence-electron chi connectivity index (χ2n) is 5.17. The molecule has 0 unspecified atom stereocenters. The highest BCUT2D eigenvalue weighted by atomic mass is 16.5. The number of aromatic nitrogens is 2. The van der Waals surface area contributed by atoms with Crippen molar-refractivity contribution >= 4 is 12.1 Å². The van der Waals surface area contributed by atoms with E-state index in [9.17, 15) is 4.79 Å². The van der Waals surface area contributed by atoms with Crippen LogP contribution in [-0.4, -0.2) is 36.5 Å². The van der Waals surface area contributed by atoms with E-state index in [1.54, 1.807) is 38.5 Å². The lowest BCUT2D eigenvalue weighted by molar-refractivity contribution is 0.0950. The molecule has 2 aromatic rings. The summed E-state index contributed by atoms with van der Waals surface area (Å²) in [6.07, 6.45) is 1.50. The van der Waals surface area contributed by atoms with Crippen LogP contribution in [0.5, 0.6) is 11.5 Å². The van der Waals surface area contributed by atoms with Crippen LogP contribution in [0.15, 0.2) is 29.4 Å². The van der Waals surface area contributed by atoms with Crippen LogP contribution in [0.2, 0.25) is 0 Å². The number of methoxy groups -OCH3 is 2. The van der Waals surface area contributed by atoms with E-state index in [2.05, 4.69) is 20.7 Å². The summed E-state index contributed by atoms with van der Waals surface area (Å²) in [6.45, 7) is 4.03. The number of ether oxygens (including phenoxy) is 2. The van der Waals surface area contributed by atoms with Crippen molar-refractivity contribution < 1.29 is 14.3 Å². The minimum Gasteiger partial charge on any atom is -0.497 e. The fourth-order valence-corrected chi connectivity index (χ4v) is 1.91. The summed E-state index contributed by atoms with van der Waals surface area (Å²) < 4.78 is 10.4. The number of hydrogen-bond acceptors (Lipinski definition) is 5. The molecule has 0 aliphatic heterocycles. The van der Waals surface area contributed by atoms with Crippen LogP contribution >= 0.6 is 0 Å². The SMILES string of the molecule is COc1ccc(OC)c(/C=N\NC(=O)c2cc(C(C)C)[nH]n2)c1. The Kier molecular flexibility index (Phi) is 5.35. The molecule has 1 aromatic carbocycles. The van der Waals surface area contributed by atoms with Crippen molar-refractivity contribution in [3.8, 4) is 11.5 Å². The molecule has 0 atom stereocenters. The van der Waals surface area contributed by atoms with Gasteiger partial charge in [0, 0.05) is 11.3 Å². The lowest BCUT2D eigenvalue weighted by Crippen LogP contribution is -2.18. The van der Waals surface area contributed by atoms with Crippen LogP contribution in [0.25, 0.3) is 0 Å². The predicted molar refractivity (Wildman–Crippen MR) is 87.3 cm³/mol. The van der Waals surface area contributed by atoms with Gasteiger partial charge in [-0.2, -0.15) is 10.2 Å². The zero-order chi connectivity index (χ0) is 16.8. The smallest absolute Gasteiger partial charge is 0.291 e. The maximum absolute atomic E-state index is 12.0. The molecule has 23 heavy (non-hydrogen) atoms. The third-order valence-corrected chi connectivity index (χ3v) is 3.26. The van der Waals surface area contributed by atoms with Gasteiger partial charge in [0.1, 0.15) is 11.5 Å². The number of aromatic amines is 1. The zero-order valence-corrected chi connectivity index (χ0v) is 13.6. The van der Waals surface area contributed by atoms with Gasteiger partial charge in [-0.1, -0.05) is 13.8 Å². The first kappa shape index (κ1) is 16.5. The Morgan fingerprint density at radius 3 is 2.70 bits per heavy atom. The molecule has 0 saturated carbocycles. The summed E-state index contributed by atoms with van der Waals surface area (Å²) in [5.74, 6) is 1.19.